The molecule has 10 heteroatoms. The van der Waals surface area contributed by atoms with Gasteiger partial charge in [-0.3, -0.25) is 9.88 Å². The first-order valence-electron chi connectivity index (χ1n) is 10.2. The van der Waals surface area contributed by atoms with Crippen molar-refractivity contribution in [1.82, 2.24) is 29.5 Å². The summed E-state index contributed by atoms with van der Waals surface area (Å²) in [6, 6.07) is 14.5. The van der Waals surface area contributed by atoms with E-state index < -0.39 is 11.9 Å². The average molecular weight is 439 g/mol. The number of halogens is 3. The maximum Gasteiger partial charge on any atom is 0.433 e. The van der Waals surface area contributed by atoms with Gasteiger partial charge in [0.15, 0.2) is 5.69 Å². The Balaban J connectivity index is 1.42. The van der Waals surface area contributed by atoms with Crippen LogP contribution in [0.15, 0.2) is 60.9 Å². The average Bonchev–Trinajstić information content (AvgIpc) is 3.24. The van der Waals surface area contributed by atoms with Gasteiger partial charge in [-0.05, 0) is 23.8 Å². The molecule has 4 aromatic rings. The van der Waals surface area contributed by atoms with Gasteiger partial charge in [-0.1, -0.05) is 30.3 Å². The Bertz CT molecular complexity index is 1200. The molecule has 0 unspecified atom stereocenters. The highest BCUT2D eigenvalue weighted by Crippen LogP contribution is 2.31. The molecule has 0 bridgehead atoms. The van der Waals surface area contributed by atoms with Crippen LogP contribution in [0.5, 0.6) is 0 Å². The SMILES string of the molecule is FC(F)(F)c1cc(-c2ccncc2)n2nc(N3CCN(Cc4ccccc4)CC3)nc2n1. The predicted molar refractivity (Wildman–Crippen MR) is 113 cm³/mol. The first-order valence-corrected chi connectivity index (χ1v) is 10.2. The van der Waals surface area contributed by atoms with Crippen LogP contribution >= 0.6 is 0 Å². The van der Waals surface area contributed by atoms with Crippen LogP contribution in [0.1, 0.15) is 11.3 Å². The molecule has 0 aliphatic carbocycles. The number of piperazine rings is 1. The van der Waals surface area contributed by atoms with E-state index in [1.807, 2.05) is 23.1 Å². The maximum absolute atomic E-state index is 13.4. The number of hydrogen-bond donors (Lipinski definition) is 0. The summed E-state index contributed by atoms with van der Waals surface area (Å²) in [6.07, 6.45) is -1.53. The fraction of sp³-hybridized carbons (Fsp3) is 0.273. The molecule has 1 fully saturated rings. The summed E-state index contributed by atoms with van der Waals surface area (Å²) in [4.78, 5) is 16.3. The first kappa shape index (κ1) is 20.4. The molecule has 5 rings (SSSR count). The largest absolute Gasteiger partial charge is 0.433 e. The zero-order valence-corrected chi connectivity index (χ0v) is 17.1. The Kier molecular flexibility index (Phi) is 5.22. The molecule has 0 atom stereocenters. The van der Waals surface area contributed by atoms with Gasteiger partial charge in [-0.25, -0.2) is 4.98 Å². The second-order valence-corrected chi connectivity index (χ2v) is 7.63. The lowest BCUT2D eigenvalue weighted by atomic mass is 10.1. The molecule has 7 nitrogen and oxygen atoms in total. The van der Waals surface area contributed by atoms with Crippen LogP contribution < -0.4 is 4.90 Å². The molecule has 1 saturated heterocycles. The molecule has 164 valence electrons. The van der Waals surface area contributed by atoms with Gasteiger partial charge < -0.3 is 4.90 Å². The number of anilines is 1. The highest BCUT2D eigenvalue weighted by Gasteiger charge is 2.34. The Morgan fingerprint density at radius 1 is 0.875 bits per heavy atom. The van der Waals surface area contributed by atoms with Crippen LogP contribution in [-0.2, 0) is 12.7 Å². The molecule has 0 spiro atoms. The van der Waals surface area contributed by atoms with Crippen molar-refractivity contribution < 1.29 is 13.2 Å². The van der Waals surface area contributed by atoms with Crippen molar-refractivity contribution in [2.45, 2.75) is 12.7 Å². The molecule has 32 heavy (non-hydrogen) atoms. The van der Waals surface area contributed by atoms with Crippen LogP contribution in [0.4, 0.5) is 19.1 Å². The molecule has 0 amide bonds. The van der Waals surface area contributed by atoms with E-state index in [-0.39, 0.29) is 11.5 Å². The van der Waals surface area contributed by atoms with E-state index in [2.05, 4.69) is 37.1 Å². The van der Waals surface area contributed by atoms with Crippen molar-refractivity contribution in [1.29, 1.82) is 0 Å². The molecular formula is C22H20F3N7. The predicted octanol–water partition coefficient (Wildman–Crippen LogP) is 3.53. The number of fused-ring (bicyclic) bond motifs is 1. The number of hydrogen-bond acceptors (Lipinski definition) is 6. The lowest BCUT2D eigenvalue weighted by Crippen LogP contribution is -2.46. The second-order valence-electron chi connectivity index (χ2n) is 7.63. The van der Waals surface area contributed by atoms with Crippen molar-refractivity contribution in [3.05, 3.63) is 72.2 Å². The summed E-state index contributed by atoms with van der Waals surface area (Å²) in [6.45, 7) is 3.84. The van der Waals surface area contributed by atoms with Gasteiger partial charge in [0.05, 0.1) is 5.69 Å². The smallest absolute Gasteiger partial charge is 0.337 e. The van der Waals surface area contributed by atoms with Crippen LogP contribution in [0.2, 0.25) is 0 Å². The summed E-state index contributed by atoms with van der Waals surface area (Å²) in [5.74, 6) is 0.305. The van der Waals surface area contributed by atoms with Crippen LogP contribution in [-0.4, -0.2) is 55.6 Å². The lowest BCUT2D eigenvalue weighted by molar-refractivity contribution is -0.141. The first-order chi connectivity index (χ1) is 15.5. The van der Waals surface area contributed by atoms with Gasteiger partial charge >= 0.3 is 6.18 Å². The van der Waals surface area contributed by atoms with Gasteiger partial charge in [-0.2, -0.15) is 22.7 Å². The molecule has 1 aliphatic heterocycles. The van der Waals surface area contributed by atoms with E-state index in [1.54, 1.807) is 12.1 Å². The summed E-state index contributed by atoms with van der Waals surface area (Å²) >= 11 is 0. The third-order valence-electron chi connectivity index (χ3n) is 5.47. The quantitative estimate of drug-likeness (QED) is 0.485. The third kappa shape index (κ3) is 4.13. The Labute approximate surface area is 182 Å². The van der Waals surface area contributed by atoms with Gasteiger partial charge in [0.1, 0.15) is 0 Å². The lowest BCUT2D eigenvalue weighted by Gasteiger charge is -2.34. The minimum atomic E-state index is -4.58. The Morgan fingerprint density at radius 3 is 2.28 bits per heavy atom. The molecular weight excluding hydrogens is 419 g/mol. The van der Waals surface area contributed by atoms with Crippen molar-refractivity contribution in [3.63, 3.8) is 0 Å². The number of benzene rings is 1. The Hall–Kier alpha value is -3.53. The summed E-state index contributed by atoms with van der Waals surface area (Å²) < 4.78 is 41.7. The fourth-order valence-electron chi connectivity index (χ4n) is 3.81. The van der Waals surface area contributed by atoms with Gasteiger partial charge in [0.2, 0.25) is 5.95 Å². The highest BCUT2D eigenvalue weighted by atomic mass is 19.4. The van der Waals surface area contributed by atoms with Crippen molar-refractivity contribution in [3.8, 4) is 11.3 Å². The van der Waals surface area contributed by atoms with E-state index in [4.69, 9.17) is 0 Å². The van der Waals surface area contributed by atoms with E-state index >= 15 is 0 Å². The Morgan fingerprint density at radius 2 is 1.59 bits per heavy atom. The second kappa shape index (κ2) is 8.19. The van der Waals surface area contributed by atoms with Crippen molar-refractivity contribution in [2.24, 2.45) is 0 Å². The monoisotopic (exact) mass is 439 g/mol. The topological polar surface area (TPSA) is 62.5 Å². The van der Waals surface area contributed by atoms with E-state index in [0.717, 1.165) is 25.7 Å². The van der Waals surface area contributed by atoms with E-state index in [0.29, 0.717) is 24.6 Å². The molecule has 3 aromatic heterocycles. The van der Waals surface area contributed by atoms with Crippen LogP contribution in [0, 0.1) is 0 Å². The molecule has 4 heterocycles. The summed E-state index contributed by atoms with van der Waals surface area (Å²) in [5.41, 5.74) is 1.08. The number of alkyl halides is 3. The standard InChI is InChI=1S/C22H20F3N7/c23-22(24,25)19-14-18(17-6-8-26-9-7-17)32-20(27-19)28-21(29-32)31-12-10-30(11-13-31)15-16-4-2-1-3-5-16/h1-9,14H,10-13,15H2. The fourth-order valence-corrected chi connectivity index (χ4v) is 3.81. The van der Waals surface area contributed by atoms with Crippen molar-refractivity contribution >= 4 is 11.7 Å². The van der Waals surface area contributed by atoms with Gasteiger partial charge in [-0.15, -0.1) is 5.10 Å². The zero-order valence-electron chi connectivity index (χ0n) is 17.1. The maximum atomic E-state index is 13.4. The number of nitrogens with zero attached hydrogens (tertiary/aromatic N) is 7. The minimum absolute atomic E-state index is 0.0756. The molecule has 0 saturated carbocycles. The van der Waals surface area contributed by atoms with Gasteiger partial charge in [0, 0.05) is 50.7 Å². The van der Waals surface area contributed by atoms with E-state index in [9.17, 15) is 13.2 Å². The molecule has 0 radical (unpaired) electrons. The zero-order chi connectivity index (χ0) is 22.1. The van der Waals surface area contributed by atoms with Crippen LogP contribution in [0.3, 0.4) is 0 Å². The third-order valence-corrected chi connectivity index (χ3v) is 5.47. The summed E-state index contributed by atoms with van der Waals surface area (Å²) in [5, 5.41) is 4.51. The highest BCUT2D eigenvalue weighted by molar-refractivity contribution is 5.62. The summed E-state index contributed by atoms with van der Waals surface area (Å²) in [7, 11) is 0. The minimum Gasteiger partial charge on any atom is -0.337 e. The number of aromatic nitrogens is 5. The molecule has 1 aromatic carbocycles. The number of rotatable bonds is 4. The molecule has 1 aliphatic rings. The number of pyridine rings is 1. The van der Waals surface area contributed by atoms with Crippen LogP contribution in [0.25, 0.3) is 17.0 Å². The van der Waals surface area contributed by atoms with E-state index in [1.165, 1.54) is 22.5 Å². The normalized spacial score (nSPS) is 15.4. The van der Waals surface area contributed by atoms with Gasteiger partial charge in [0.25, 0.3) is 5.78 Å². The molecule has 0 N–H and O–H groups in total. The van der Waals surface area contributed by atoms with Crippen molar-refractivity contribution in [2.75, 3.05) is 31.1 Å².